The van der Waals surface area contributed by atoms with Crippen molar-refractivity contribution in [3.05, 3.63) is 145 Å². The predicted octanol–water partition coefficient (Wildman–Crippen LogP) is 7.57. The Bertz CT molecular complexity index is 1840. The van der Waals surface area contributed by atoms with E-state index in [0.717, 1.165) is 10.0 Å². The lowest BCUT2D eigenvalue weighted by atomic mass is 9.88. The molecule has 1 aliphatic rings. The Morgan fingerprint density at radius 2 is 1.60 bits per heavy atom. The number of carbonyl (C=O) groups is 2. The van der Waals surface area contributed by atoms with Crippen LogP contribution in [-0.2, 0) is 30.8 Å². The van der Waals surface area contributed by atoms with Crippen LogP contribution in [0, 0.1) is 0 Å². The van der Waals surface area contributed by atoms with Crippen LogP contribution < -0.4 is 5.32 Å². The van der Waals surface area contributed by atoms with Crippen LogP contribution in [0.3, 0.4) is 0 Å². The maximum atomic E-state index is 14.7. The number of nitrogens with zero attached hydrogens (tertiary/aromatic N) is 1. The fraction of sp³-hybridized carbons (Fsp3) is 0.176. The Kier molecular flexibility index (Phi) is 10.6. The van der Waals surface area contributed by atoms with Gasteiger partial charge in [-0.15, -0.1) is 0 Å². The number of nitrogens with one attached hydrogen (secondary N) is 1. The van der Waals surface area contributed by atoms with E-state index in [2.05, 4.69) is 37.2 Å². The van der Waals surface area contributed by atoms with Crippen LogP contribution in [0.5, 0.6) is 0 Å². The average molecular weight is 773 g/mol. The average Bonchev–Trinajstić information content (AvgIpc) is 3.04. The Balaban J connectivity index is 1.65. The molecule has 1 heterocycles. The van der Waals surface area contributed by atoms with E-state index in [1.165, 1.54) is 23.5 Å². The number of carbonyl (C=O) groups excluding carboxylic acids is 2. The zero-order valence-corrected chi connectivity index (χ0v) is 28.8. The first-order valence-corrected chi connectivity index (χ1v) is 17.4. The first-order valence-electron chi connectivity index (χ1n) is 14.0. The van der Waals surface area contributed by atoms with Crippen molar-refractivity contribution in [2.45, 2.75) is 35.9 Å². The SMILES string of the molecule is COC(=O)[C@H](Cc1ccccc1)NC(=O)C1=CC[C@@H](c2cccc(Cl)c2)N(S(=O)(=O)c2ccc(Br)cc2)[C@H]1c1cccc(Br)c1. The lowest BCUT2D eigenvalue weighted by molar-refractivity contribution is -0.144. The van der Waals surface area contributed by atoms with Gasteiger partial charge < -0.3 is 10.1 Å². The van der Waals surface area contributed by atoms with Crippen molar-refractivity contribution in [2.24, 2.45) is 0 Å². The Morgan fingerprint density at radius 3 is 2.27 bits per heavy atom. The van der Waals surface area contributed by atoms with Gasteiger partial charge in [0.2, 0.25) is 15.9 Å². The molecule has 11 heteroatoms. The molecule has 0 saturated carbocycles. The van der Waals surface area contributed by atoms with Crippen LogP contribution in [0.2, 0.25) is 5.02 Å². The van der Waals surface area contributed by atoms with Gasteiger partial charge in [-0.05, 0) is 71.6 Å². The van der Waals surface area contributed by atoms with Crippen molar-refractivity contribution in [1.82, 2.24) is 9.62 Å². The van der Waals surface area contributed by atoms with Crippen LogP contribution in [0.25, 0.3) is 0 Å². The highest BCUT2D eigenvalue weighted by atomic mass is 79.9. The zero-order chi connectivity index (χ0) is 32.1. The molecule has 3 atom stereocenters. The summed E-state index contributed by atoms with van der Waals surface area (Å²) >= 11 is 13.3. The number of esters is 1. The second-order valence-electron chi connectivity index (χ2n) is 10.5. The molecule has 0 aromatic heterocycles. The van der Waals surface area contributed by atoms with Gasteiger partial charge in [-0.1, -0.05) is 104 Å². The number of benzene rings is 4. The minimum atomic E-state index is -4.22. The van der Waals surface area contributed by atoms with E-state index in [0.29, 0.717) is 20.6 Å². The molecule has 0 fully saturated rings. The molecule has 0 unspecified atom stereocenters. The molecule has 1 aliphatic heterocycles. The summed E-state index contributed by atoms with van der Waals surface area (Å²) in [4.78, 5) is 27.1. The Morgan fingerprint density at radius 1 is 0.911 bits per heavy atom. The number of ether oxygens (including phenoxy) is 1. The molecule has 0 radical (unpaired) electrons. The number of methoxy groups -OCH3 is 1. The molecule has 0 aliphatic carbocycles. The van der Waals surface area contributed by atoms with Gasteiger partial charge in [0.1, 0.15) is 6.04 Å². The van der Waals surface area contributed by atoms with E-state index in [1.54, 1.807) is 54.6 Å². The third-order valence-corrected chi connectivity index (χ3v) is 10.7. The number of hydrogen-bond acceptors (Lipinski definition) is 5. The quantitative estimate of drug-likeness (QED) is 0.177. The second-order valence-corrected chi connectivity index (χ2v) is 14.6. The van der Waals surface area contributed by atoms with Gasteiger partial charge >= 0.3 is 5.97 Å². The van der Waals surface area contributed by atoms with E-state index >= 15 is 0 Å². The fourth-order valence-corrected chi connectivity index (χ4v) is 8.11. The number of hydrogen-bond donors (Lipinski definition) is 1. The van der Waals surface area contributed by atoms with Crippen LogP contribution in [0.4, 0.5) is 0 Å². The minimum absolute atomic E-state index is 0.0656. The van der Waals surface area contributed by atoms with Crippen LogP contribution in [0.15, 0.2) is 129 Å². The second kappa shape index (κ2) is 14.4. The fourth-order valence-electron chi connectivity index (χ4n) is 5.45. The van der Waals surface area contributed by atoms with Gasteiger partial charge in [-0.3, -0.25) is 4.79 Å². The molecule has 0 saturated heterocycles. The highest BCUT2D eigenvalue weighted by molar-refractivity contribution is 9.10. The lowest BCUT2D eigenvalue weighted by Crippen LogP contribution is -2.48. The van der Waals surface area contributed by atoms with Gasteiger partial charge in [0, 0.05) is 26.0 Å². The first-order chi connectivity index (χ1) is 21.6. The van der Waals surface area contributed by atoms with Crippen molar-refractivity contribution in [3.63, 3.8) is 0 Å². The standard InChI is InChI=1S/C34H29Br2ClN2O5S/c1-44-34(41)30(19-22-7-3-2-4-8-22)38-33(40)29-17-18-31(23-9-6-12-27(37)21-23)39(32(29)24-10-5-11-26(36)20-24)45(42,43)28-15-13-25(35)14-16-28/h2-17,20-21,30-32H,18-19H2,1H3,(H,38,40)/t30-,31-,32-/m0/s1. The van der Waals surface area contributed by atoms with Gasteiger partial charge in [-0.2, -0.15) is 4.31 Å². The molecule has 5 rings (SSSR count). The van der Waals surface area contributed by atoms with E-state index in [9.17, 15) is 18.0 Å². The van der Waals surface area contributed by atoms with Gasteiger partial charge in [0.25, 0.3) is 0 Å². The molecule has 45 heavy (non-hydrogen) atoms. The van der Waals surface area contributed by atoms with Crippen molar-refractivity contribution in [1.29, 1.82) is 0 Å². The molecule has 0 spiro atoms. The van der Waals surface area contributed by atoms with Crippen LogP contribution in [-0.4, -0.2) is 37.8 Å². The monoisotopic (exact) mass is 770 g/mol. The highest BCUT2D eigenvalue weighted by Gasteiger charge is 2.45. The zero-order valence-electron chi connectivity index (χ0n) is 24.1. The summed E-state index contributed by atoms with van der Waals surface area (Å²) in [5.74, 6) is -1.19. The van der Waals surface area contributed by atoms with Crippen molar-refractivity contribution >= 4 is 65.4 Å². The summed E-state index contributed by atoms with van der Waals surface area (Å²) in [6.07, 6.45) is 2.13. The maximum Gasteiger partial charge on any atom is 0.328 e. The summed E-state index contributed by atoms with van der Waals surface area (Å²) in [5.41, 5.74) is 2.26. The summed E-state index contributed by atoms with van der Waals surface area (Å²) in [5, 5.41) is 3.30. The Labute approximate surface area is 284 Å². The first kappa shape index (κ1) is 33.1. The van der Waals surface area contributed by atoms with Gasteiger partial charge in [-0.25, -0.2) is 13.2 Å². The largest absolute Gasteiger partial charge is 0.467 e. The van der Waals surface area contributed by atoms with Crippen LogP contribution in [0.1, 0.15) is 35.2 Å². The van der Waals surface area contributed by atoms with E-state index in [4.69, 9.17) is 16.3 Å². The predicted molar refractivity (Wildman–Crippen MR) is 181 cm³/mol. The topological polar surface area (TPSA) is 92.8 Å². The summed E-state index contributed by atoms with van der Waals surface area (Å²) in [7, 11) is -2.96. The molecule has 4 aromatic rings. The third-order valence-electron chi connectivity index (χ3n) is 7.54. The van der Waals surface area contributed by atoms with Crippen LogP contribution >= 0.6 is 43.5 Å². The molecule has 7 nitrogen and oxygen atoms in total. The highest BCUT2D eigenvalue weighted by Crippen LogP contribution is 2.46. The summed E-state index contributed by atoms with van der Waals surface area (Å²) in [6, 6.07) is 27.1. The summed E-state index contributed by atoms with van der Waals surface area (Å²) < 4.78 is 37.1. The molecule has 232 valence electrons. The lowest BCUT2D eigenvalue weighted by Gasteiger charge is -2.41. The molecular weight excluding hydrogens is 744 g/mol. The van der Waals surface area contributed by atoms with E-state index < -0.39 is 40.0 Å². The van der Waals surface area contributed by atoms with Crippen molar-refractivity contribution in [2.75, 3.05) is 7.11 Å². The molecule has 1 N–H and O–H groups in total. The molecule has 0 bridgehead atoms. The van der Waals surface area contributed by atoms with E-state index in [1.807, 2.05) is 42.5 Å². The number of halogens is 3. The van der Waals surface area contributed by atoms with E-state index in [-0.39, 0.29) is 23.3 Å². The van der Waals surface area contributed by atoms with Crippen molar-refractivity contribution in [3.8, 4) is 0 Å². The van der Waals surface area contributed by atoms with Gasteiger partial charge in [0.05, 0.1) is 24.1 Å². The number of sulfonamides is 1. The minimum Gasteiger partial charge on any atom is -0.467 e. The summed E-state index contributed by atoms with van der Waals surface area (Å²) in [6.45, 7) is 0. The number of rotatable bonds is 9. The number of amides is 1. The normalized spacial score (nSPS) is 17.6. The third kappa shape index (κ3) is 7.58. The molecule has 4 aromatic carbocycles. The van der Waals surface area contributed by atoms with Gasteiger partial charge in [0.15, 0.2) is 0 Å². The molecule has 1 amide bonds. The maximum absolute atomic E-state index is 14.7. The van der Waals surface area contributed by atoms with Crippen molar-refractivity contribution < 1.29 is 22.7 Å². The molecular formula is C34H29Br2ClN2O5S. The Hall–Kier alpha value is -3.28. The smallest absolute Gasteiger partial charge is 0.328 e.